The minimum absolute atomic E-state index is 0.0696. The number of hydrogen-bond acceptors (Lipinski definition) is 4. The Balaban J connectivity index is 2.15. The van der Waals surface area contributed by atoms with Crippen LogP contribution in [0.15, 0.2) is 36.7 Å². The first kappa shape index (κ1) is 14.5. The fourth-order valence-electron chi connectivity index (χ4n) is 1.83. The molecule has 0 aliphatic carbocycles. The fourth-order valence-corrected chi connectivity index (χ4v) is 1.83. The maximum absolute atomic E-state index is 12.0. The topological polar surface area (TPSA) is 91.3 Å². The van der Waals surface area contributed by atoms with Crippen molar-refractivity contribution in [2.24, 2.45) is 0 Å². The van der Waals surface area contributed by atoms with E-state index in [1.54, 1.807) is 18.2 Å². The van der Waals surface area contributed by atoms with E-state index in [-0.39, 0.29) is 23.1 Å². The smallest absolute Gasteiger partial charge is 0.257 e. The Hall–Kier alpha value is -2.89. The highest BCUT2D eigenvalue weighted by Crippen LogP contribution is 2.20. The monoisotopic (exact) mass is 285 g/mol. The number of rotatable bonds is 3. The van der Waals surface area contributed by atoms with E-state index in [0.717, 1.165) is 5.56 Å². The molecule has 6 nitrogen and oxygen atoms in total. The summed E-state index contributed by atoms with van der Waals surface area (Å²) >= 11 is 0. The Morgan fingerprint density at radius 1 is 1.14 bits per heavy atom. The van der Waals surface area contributed by atoms with Crippen LogP contribution >= 0.6 is 0 Å². The van der Waals surface area contributed by atoms with E-state index in [4.69, 9.17) is 0 Å². The van der Waals surface area contributed by atoms with Crippen LogP contribution in [-0.2, 0) is 4.79 Å². The second-order valence-electron chi connectivity index (χ2n) is 4.60. The zero-order valence-corrected chi connectivity index (χ0v) is 11.7. The summed E-state index contributed by atoms with van der Waals surface area (Å²) in [4.78, 5) is 26.8. The van der Waals surface area contributed by atoms with Crippen molar-refractivity contribution < 1.29 is 14.7 Å². The molecule has 0 radical (unpaired) electrons. The minimum atomic E-state index is -0.370. The van der Waals surface area contributed by atoms with Crippen LogP contribution in [0.3, 0.4) is 0 Å². The summed E-state index contributed by atoms with van der Waals surface area (Å²) in [6, 6.07) is 6.49. The minimum Gasteiger partial charge on any atom is -0.506 e. The second kappa shape index (κ2) is 6.04. The first-order chi connectivity index (χ1) is 9.95. The number of nitrogens with one attached hydrogen (secondary N) is 2. The summed E-state index contributed by atoms with van der Waals surface area (Å²) in [5, 5.41) is 14.7. The summed E-state index contributed by atoms with van der Waals surface area (Å²) in [6.07, 6.45) is 2.62. The van der Waals surface area contributed by atoms with Gasteiger partial charge >= 0.3 is 0 Å². The van der Waals surface area contributed by atoms with Crippen LogP contribution < -0.4 is 10.6 Å². The number of amides is 2. The molecule has 1 aromatic carbocycles. The maximum atomic E-state index is 12.0. The van der Waals surface area contributed by atoms with Gasteiger partial charge in [0.2, 0.25) is 5.91 Å². The van der Waals surface area contributed by atoms with Gasteiger partial charge in [-0.3, -0.25) is 14.6 Å². The van der Waals surface area contributed by atoms with E-state index in [9.17, 15) is 14.7 Å². The van der Waals surface area contributed by atoms with Crippen LogP contribution in [0.5, 0.6) is 5.75 Å². The normalized spacial score (nSPS) is 10.0. The quantitative estimate of drug-likeness (QED) is 0.807. The molecule has 1 aromatic heterocycles. The lowest BCUT2D eigenvalue weighted by Crippen LogP contribution is -2.13. The Kier molecular flexibility index (Phi) is 4.18. The number of pyridine rings is 1. The molecule has 0 saturated carbocycles. The third-order valence-corrected chi connectivity index (χ3v) is 2.78. The SMILES string of the molecule is CC(=O)Nc1ccc(NC(=O)c2cncc(O)c2)cc1C. The van der Waals surface area contributed by atoms with Gasteiger partial charge in [-0.25, -0.2) is 0 Å². The van der Waals surface area contributed by atoms with Crippen molar-refractivity contribution in [3.05, 3.63) is 47.8 Å². The molecule has 0 aliphatic rings. The number of carbonyl (C=O) groups is 2. The van der Waals surface area contributed by atoms with E-state index in [2.05, 4.69) is 15.6 Å². The molecular weight excluding hydrogens is 270 g/mol. The number of anilines is 2. The molecule has 0 fully saturated rings. The number of carbonyl (C=O) groups excluding carboxylic acids is 2. The van der Waals surface area contributed by atoms with Crippen molar-refractivity contribution in [3.63, 3.8) is 0 Å². The molecule has 3 N–H and O–H groups in total. The van der Waals surface area contributed by atoms with Gasteiger partial charge in [0.05, 0.1) is 11.8 Å². The fraction of sp³-hybridized carbons (Fsp3) is 0.133. The molecule has 0 bridgehead atoms. The summed E-state index contributed by atoms with van der Waals surface area (Å²) in [6.45, 7) is 3.26. The number of aryl methyl sites for hydroxylation is 1. The third kappa shape index (κ3) is 3.79. The predicted molar refractivity (Wildman–Crippen MR) is 79.3 cm³/mol. The van der Waals surface area contributed by atoms with Crippen LogP contribution in [0.1, 0.15) is 22.8 Å². The predicted octanol–water partition coefficient (Wildman–Crippen LogP) is 2.31. The van der Waals surface area contributed by atoms with Gasteiger partial charge in [0.15, 0.2) is 0 Å². The van der Waals surface area contributed by atoms with E-state index >= 15 is 0 Å². The van der Waals surface area contributed by atoms with E-state index in [1.165, 1.54) is 25.4 Å². The van der Waals surface area contributed by atoms with Gasteiger partial charge in [-0.05, 0) is 36.8 Å². The Morgan fingerprint density at radius 2 is 1.90 bits per heavy atom. The van der Waals surface area contributed by atoms with Crippen LogP contribution in [0.4, 0.5) is 11.4 Å². The molecule has 0 aliphatic heterocycles. The summed E-state index contributed by atoms with van der Waals surface area (Å²) in [5.41, 5.74) is 2.38. The molecule has 0 atom stereocenters. The highest BCUT2D eigenvalue weighted by molar-refractivity contribution is 6.04. The second-order valence-corrected chi connectivity index (χ2v) is 4.60. The largest absolute Gasteiger partial charge is 0.506 e. The lowest BCUT2D eigenvalue weighted by molar-refractivity contribution is -0.114. The van der Waals surface area contributed by atoms with E-state index in [0.29, 0.717) is 11.4 Å². The molecule has 2 amide bonds. The zero-order valence-electron chi connectivity index (χ0n) is 11.7. The Bertz CT molecular complexity index is 698. The van der Waals surface area contributed by atoms with Crippen molar-refractivity contribution >= 4 is 23.2 Å². The Morgan fingerprint density at radius 3 is 2.52 bits per heavy atom. The Labute approximate surface area is 121 Å². The zero-order chi connectivity index (χ0) is 15.4. The molecule has 2 rings (SSSR count). The number of aromatic nitrogens is 1. The molecule has 108 valence electrons. The van der Waals surface area contributed by atoms with Gasteiger partial charge in [0.25, 0.3) is 5.91 Å². The van der Waals surface area contributed by atoms with Gasteiger partial charge in [-0.2, -0.15) is 0 Å². The summed E-state index contributed by atoms with van der Waals surface area (Å²) < 4.78 is 0. The molecule has 21 heavy (non-hydrogen) atoms. The third-order valence-electron chi connectivity index (χ3n) is 2.78. The number of nitrogens with zero attached hydrogens (tertiary/aromatic N) is 1. The highest BCUT2D eigenvalue weighted by Gasteiger charge is 2.08. The molecule has 0 unspecified atom stereocenters. The van der Waals surface area contributed by atoms with Gasteiger partial charge < -0.3 is 15.7 Å². The molecular formula is C15H15N3O3. The van der Waals surface area contributed by atoms with Crippen molar-refractivity contribution in [2.75, 3.05) is 10.6 Å². The lowest BCUT2D eigenvalue weighted by atomic mass is 10.1. The molecule has 1 heterocycles. The van der Waals surface area contributed by atoms with Crippen molar-refractivity contribution in [1.29, 1.82) is 0 Å². The molecule has 0 spiro atoms. The first-order valence-electron chi connectivity index (χ1n) is 6.29. The van der Waals surface area contributed by atoms with E-state index in [1.807, 2.05) is 6.92 Å². The van der Waals surface area contributed by atoms with Gasteiger partial charge in [-0.15, -0.1) is 0 Å². The van der Waals surface area contributed by atoms with Gasteiger partial charge in [0, 0.05) is 24.5 Å². The highest BCUT2D eigenvalue weighted by atomic mass is 16.3. The average molecular weight is 285 g/mol. The van der Waals surface area contributed by atoms with E-state index < -0.39 is 0 Å². The van der Waals surface area contributed by atoms with Crippen molar-refractivity contribution in [1.82, 2.24) is 4.98 Å². The molecule has 6 heteroatoms. The first-order valence-corrected chi connectivity index (χ1v) is 6.29. The maximum Gasteiger partial charge on any atom is 0.257 e. The number of benzene rings is 1. The average Bonchev–Trinajstić information content (AvgIpc) is 2.41. The van der Waals surface area contributed by atoms with Crippen LogP contribution in [0, 0.1) is 6.92 Å². The molecule has 0 saturated heterocycles. The van der Waals surface area contributed by atoms with Gasteiger partial charge in [0.1, 0.15) is 5.75 Å². The van der Waals surface area contributed by atoms with Crippen LogP contribution in [0.25, 0.3) is 0 Å². The number of aromatic hydroxyl groups is 1. The van der Waals surface area contributed by atoms with Crippen LogP contribution in [-0.4, -0.2) is 21.9 Å². The summed E-state index contributed by atoms with van der Waals surface area (Å²) in [5.74, 6) is -0.592. The number of hydrogen-bond donors (Lipinski definition) is 3. The van der Waals surface area contributed by atoms with Gasteiger partial charge in [-0.1, -0.05) is 0 Å². The lowest BCUT2D eigenvalue weighted by Gasteiger charge is -2.10. The summed E-state index contributed by atoms with van der Waals surface area (Å²) in [7, 11) is 0. The standard InChI is InChI=1S/C15H15N3O3/c1-9-5-12(3-4-14(9)17-10(2)19)18-15(21)11-6-13(20)8-16-7-11/h3-8,20H,1-2H3,(H,17,19)(H,18,21). The van der Waals surface area contributed by atoms with Crippen LogP contribution in [0.2, 0.25) is 0 Å². The molecule has 2 aromatic rings. The van der Waals surface area contributed by atoms with Crippen molar-refractivity contribution in [2.45, 2.75) is 13.8 Å². The van der Waals surface area contributed by atoms with Crippen molar-refractivity contribution in [3.8, 4) is 5.75 Å².